The largest absolute Gasteiger partial charge is 0.354 e. The molecule has 2 aromatic rings. The Morgan fingerprint density at radius 1 is 0.938 bits per heavy atom. The lowest BCUT2D eigenvalue weighted by molar-refractivity contribution is -0.124. The summed E-state index contributed by atoms with van der Waals surface area (Å²) < 4.78 is 0. The fraction of sp³-hybridized carbons (Fsp3) is 0.462. The summed E-state index contributed by atoms with van der Waals surface area (Å²) in [4.78, 5) is 25.2. The number of anilines is 1. The van der Waals surface area contributed by atoms with E-state index < -0.39 is 0 Å². The molecule has 1 aliphatic heterocycles. The summed E-state index contributed by atoms with van der Waals surface area (Å²) in [5.41, 5.74) is 4.69. The Labute approximate surface area is 197 Å². The van der Waals surface area contributed by atoms with Crippen molar-refractivity contribution in [2.75, 3.05) is 11.9 Å². The second-order valence-corrected chi connectivity index (χ2v) is 8.91. The highest BCUT2D eigenvalue weighted by atomic mass is 35.5. The maximum atomic E-state index is 12.6. The first-order valence-electron chi connectivity index (χ1n) is 11.6. The van der Waals surface area contributed by atoms with E-state index in [4.69, 9.17) is 0 Å². The zero-order valence-electron chi connectivity index (χ0n) is 18.7. The van der Waals surface area contributed by atoms with Gasteiger partial charge in [-0.1, -0.05) is 43.3 Å². The Morgan fingerprint density at radius 2 is 1.62 bits per heavy atom. The fourth-order valence-corrected chi connectivity index (χ4v) is 4.70. The number of fused-ring (bicyclic) bond motifs is 1. The van der Waals surface area contributed by atoms with E-state index in [0.29, 0.717) is 12.5 Å². The number of rotatable bonds is 6. The minimum Gasteiger partial charge on any atom is -0.354 e. The van der Waals surface area contributed by atoms with Crippen LogP contribution in [0.4, 0.5) is 5.69 Å². The molecule has 2 amide bonds. The van der Waals surface area contributed by atoms with Crippen LogP contribution in [0.3, 0.4) is 0 Å². The van der Waals surface area contributed by atoms with E-state index in [2.05, 4.69) is 47.1 Å². The number of hydrogen-bond acceptors (Lipinski definition) is 3. The Morgan fingerprint density at radius 3 is 2.31 bits per heavy atom. The number of amides is 2. The van der Waals surface area contributed by atoms with Crippen LogP contribution in [0.15, 0.2) is 48.5 Å². The average molecular weight is 456 g/mol. The summed E-state index contributed by atoms with van der Waals surface area (Å²) in [5, 5.41) is 9.56. The molecule has 172 valence electrons. The van der Waals surface area contributed by atoms with E-state index >= 15 is 0 Å². The van der Waals surface area contributed by atoms with E-state index in [1.54, 1.807) is 0 Å². The zero-order chi connectivity index (χ0) is 21.6. The normalized spacial score (nSPS) is 22.2. The SMILES string of the molecule is CCc1ccc(NC(=O)C2CCC(CNC(=O)[C@@H]3Cc4ccccc4CN3)CC2)cc1.Cl. The Balaban J connectivity index is 0.00000289. The molecule has 0 bridgehead atoms. The fourth-order valence-electron chi connectivity index (χ4n) is 4.70. The van der Waals surface area contributed by atoms with Gasteiger partial charge in [0.15, 0.2) is 0 Å². The molecular weight excluding hydrogens is 422 g/mol. The number of hydrogen-bond donors (Lipinski definition) is 3. The van der Waals surface area contributed by atoms with Crippen molar-refractivity contribution < 1.29 is 9.59 Å². The molecule has 4 rings (SSSR count). The molecule has 1 aliphatic carbocycles. The van der Waals surface area contributed by atoms with Crippen molar-refractivity contribution in [3.63, 3.8) is 0 Å². The standard InChI is InChI=1S/C26H33N3O2.ClH/c1-2-18-9-13-23(14-10-18)29-25(30)20-11-7-19(8-12-20)16-28-26(31)24-15-21-5-3-4-6-22(21)17-27-24;/h3-6,9-10,13-14,19-20,24,27H,2,7-8,11-12,15-17H2,1H3,(H,28,31)(H,29,30);1H/t19?,20?,24-;/m0./s1. The molecule has 6 heteroatoms. The molecule has 2 aliphatic rings. The zero-order valence-corrected chi connectivity index (χ0v) is 19.5. The first-order chi connectivity index (χ1) is 15.1. The molecule has 32 heavy (non-hydrogen) atoms. The predicted octanol–water partition coefficient (Wildman–Crippen LogP) is 4.25. The molecule has 0 radical (unpaired) electrons. The topological polar surface area (TPSA) is 70.2 Å². The molecular formula is C26H34ClN3O2. The van der Waals surface area contributed by atoms with E-state index in [1.807, 2.05) is 24.3 Å². The highest BCUT2D eigenvalue weighted by Crippen LogP contribution is 2.29. The molecule has 5 nitrogen and oxygen atoms in total. The first kappa shape index (κ1) is 24.3. The van der Waals surface area contributed by atoms with Crippen LogP contribution >= 0.6 is 12.4 Å². The third-order valence-corrected chi connectivity index (χ3v) is 6.81. The number of aryl methyl sites for hydroxylation is 1. The van der Waals surface area contributed by atoms with E-state index in [9.17, 15) is 9.59 Å². The summed E-state index contributed by atoms with van der Waals surface area (Å²) in [6.45, 7) is 3.57. The van der Waals surface area contributed by atoms with Gasteiger partial charge in [0.25, 0.3) is 0 Å². The quantitative estimate of drug-likeness (QED) is 0.610. The number of halogens is 1. The average Bonchev–Trinajstić information content (AvgIpc) is 2.83. The molecule has 1 saturated carbocycles. The van der Waals surface area contributed by atoms with Gasteiger partial charge < -0.3 is 16.0 Å². The summed E-state index contributed by atoms with van der Waals surface area (Å²) in [6, 6.07) is 16.2. The first-order valence-corrected chi connectivity index (χ1v) is 11.6. The van der Waals surface area contributed by atoms with Crippen molar-refractivity contribution in [3.05, 3.63) is 65.2 Å². The lowest BCUT2D eigenvalue weighted by Gasteiger charge is -2.29. The number of carbonyl (C=O) groups is 2. The number of nitrogens with one attached hydrogen (secondary N) is 3. The van der Waals surface area contributed by atoms with Gasteiger partial charge in [-0.2, -0.15) is 0 Å². The van der Waals surface area contributed by atoms with Crippen molar-refractivity contribution >= 4 is 29.9 Å². The van der Waals surface area contributed by atoms with Gasteiger partial charge in [-0.15, -0.1) is 12.4 Å². The molecule has 0 aromatic heterocycles. The van der Waals surface area contributed by atoms with Gasteiger partial charge in [0.2, 0.25) is 11.8 Å². The lowest BCUT2D eigenvalue weighted by atomic mass is 9.81. The summed E-state index contributed by atoms with van der Waals surface area (Å²) in [5.74, 6) is 0.726. The lowest BCUT2D eigenvalue weighted by Crippen LogP contribution is -2.48. The van der Waals surface area contributed by atoms with Crippen molar-refractivity contribution in [1.82, 2.24) is 10.6 Å². The summed E-state index contributed by atoms with van der Waals surface area (Å²) in [7, 11) is 0. The Kier molecular flexibility index (Phi) is 8.71. The van der Waals surface area contributed by atoms with Crippen LogP contribution in [0.2, 0.25) is 0 Å². The van der Waals surface area contributed by atoms with Crippen LogP contribution in [-0.2, 0) is 29.0 Å². The van der Waals surface area contributed by atoms with Crippen molar-refractivity contribution in [2.24, 2.45) is 11.8 Å². The molecule has 0 spiro atoms. The predicted molar refractivity (Wildman–Crippen MR) is 131 cm³/mol. The molecule has 1 atom stereocenters. The van der Waals surface area contributed by atoms with Crippen LogP contribution in [0.5, 0.6) is 0 Å². The Bertz CT molecular complexity index is 908. The van der Waals surface area contributed by atoms with Crippen molar-refractivity contribution in [2.45, 2.75) is 58.0 Å². The molecule has 2 aromatic carbocycles. The second-order valence-electron chi connectivity index (χ2n) is 8.91. The van der Waals surface area contributed by atoms with Crippen LogP contribution in [-0.4, -0.2) is 24.4 Å². The third-order valence-electron chi connectivity index (χ3n) is 6.81. The van der Waals surface area contributed by atoms with E-state index in [0.717, 1.165) is 50.8 Å². The summed E-state index contributed by atoms with van der Waals surface area (Å²) >= 11 is 0. The summed E-state index contributed by atoms with van der Waals surface area (Å²) in [6.07, 6.45) is 5.47. The van der Waals surface area contributed by atoms with E-state index in [-0.39, 0.29) is 36.2 Å². The van der Waals surface area contributed by atoms with Gasteiger partial charge in [-0.05, 0) is 73.3 Å². The highest BCUT2D eigenvalue weighted by Gasteiger charge is 2.28. The minimum absolute atomic E-state index is 0. The number of carbonyl (C=O) groups excluding carboxylic acids is 2. The molecule has 1 heterocycles. The van der Waals surface area contributed by atoms with Crippen LogP contribution in [0, 0.1) is 11.8 Å². The van der Waals surface area contributed by atoms with Crippen molar-refractivity contribution in [3.8, 4) is 0 Å². The third kappa shape index (κ3) is 6.11. The van der Waals surface area contributed by atoms with Gasteiger partial charge in [-0.25, -0.2) is 0 Å². The molecule has 0 saturated heterocycles. The van der Waals surface area contributed by atoms with Gasteiger partial charge in [-0.3, -0.25) is 9.59 Å². The maximum absolute atomic E-state index is 12.6. The molecule has 3 N–H and O–H groups in total. The molecule has 0 unspecified atom stereocenters. The van der Waals surface area contributed by atoms with Crippen molar-refractivity contribution in [1.29, 1.82) is 0 Å². The Hall–Kier alpha value is -2.37. The van der Waals surface area contributed by atoms with Crippen LogP contribution in [0.25, 0.3) is 0 Å². The smallest absolute Gasteiger partial charge is 0.237 e. The van der Waals surface area contributed by atoms with Crippen LogP contribution in [0.1, 0.15) is 49.3 Å². The van der Waals surface area contributed by atoms with Gasteiger partial charge in [0.05, 0.1) is 6.04 Å². The van der Waals surface area contributed by atoms with E-state index in [1.165, 1.54) is 16.7 Å². The van der Waals surface area contributed by atoms with Crippen LogP contribution < -0.4 is 16.0 Å². The van der Waals surface area contributed by atoms with Gasteiger partial charge in [0.1, 0.15) is 0 Å². The van der Waals surface area contributed by atoms with Gasteiger partial charge in [0, 0.05) is 24.7 Å². The monoisotopic (exact) mass is 455 g/mol. The number of benzene rings is 2. The second kappa shape index (κ2) is 11.5. The maximum Gasteiger partial charge on any atom is 0.237 e. The molecule has 1 fully saturated rings. The van der Waals surface area contributed by atoms with Gasteiger partial charge >= 0.3 is 0 Å². The minimum atomic E-state index is -0.156. The highest BCUT2D eigenvalue weighted by molar-refractivity contribution is 5.92.